The van der Waals surface area contributed by atoms with Gasteiger partial charge < -0.3 is 4.74 Å². The van der Waals surface area contributed by atoms with Crippen molar-refractivity contribution in [2.45, 2.75) is 6.92 Å². The van der Waals surface area contributed by atoms with E-state index in [0.29, 0.717) is 21.5 Å². The molecule has 0 spiro atoms. The maximum absolute atomic E-state index is 12.9. The van der Waals surface area contributed by atoms with Gasteiger partial charge in [-0.25, -0.2) is 9.78 Å². The molecule has 0 fully saturated rings. The smallest absolute Gasteiger partial charge is 0.339 e. The van der Waals surface area contributed by atoms with Crippen molar-refractivity contribution < 1.29 is 14.3 Å². The Kier molecular flexibility index (Phi) is 5.56. The lowest BCUT2D eigenvalue weighted by atomic mass is 10.0. The Morgan fingerprint density at radius 3 is 2.59 bits per heavy atom. The fraction of sp³-hybridized carbons (Fsp3) is 0.0870. The Morgan fingerprint density at radius 1 is 1.07 bits per heavy atom. The van der Waals surface area contributed by atoms with Gasteiger partial charge in [-0.2, -0.15) is 0 Å². The van der Waals surface area contributed by atoms with Gasteiger partial charge in [-0.3, -0.25) is 4.79 Å². The number of fused-ring (bicyclic) bond motifs is 1. The van der Waals surface area contributed by atoms with Gasteiger partial charge in [-0.1, -0.05) is 52.3 Å². The van der Waals surface area contributed by atoms with E-state index in [1.54, 1.807) is 18.2 Å². The molecule has 0 aliphatic carbocycles. The van der Waals surface area contributed by atoms with E-state index < -0.39 is 5.97 Å². The number of aryl methyl sites for hydroxylation is 1. The number of nitrogens with zero attached hydrogens (tertiary/aromatic N) is 1. The van der Waals surface area contributed by atoms with Gasteiger partial charge in [0.2, 0.25) is 5.78 Å². The number of thiophene rings is 1. The predicted octanol–water partition coefficient (Wildman–Crippen LogP) is 6.07. The van der Waals surface area contributed by atoms with E-state index in [1.165, 1.54) is 11.3 Å². The van der Waals surface area contributed by atoms with Crippen LogP contribution in [0.25, 0.3) is 22.2 Å². The maximum atomic E-state index is 12.9. The predicted molar refractivity (Wildman–Crippen MR) is 119 cm³/mol. The highest BCUT2D eigenvalue weighted by Crippen LogP contribution is 2.30. The summed E-state index contributed by atoms with van der Waals surface area (Å²) in [6.45, 7) is 1.65. The van der Waals surface area contributed by atoms with Gasteiger partial charge in [0.15, 0.2) is 6.61 Å². The molecule has 0 atom stereocenters. The first-order valence-electron chi connectivity index (χ1n) is 8.93. The minimum absolute atomic E-state index is 0.215. The molecule has 0 radical (unpaired) electrons. The number of aromatic nitrogens is 1. The monoisotopic (exact) mass is 465 g/mol. The molecule has 4 rings (SSSR count). The first-order chi connectivity index (χ1) is 14.0. The Labute approximate surface area is 180 Å². The quantitative estimate of drug-likeness (QED) is 0.265. The highest BCUT2D eigenvalue weighted by Gasteiger charge is 2.19. The molecule has 0 aliphatic rings. The van der Waals surface area contributed by atoms with Crippen molar-refractivity contribution in [3.63, 3.8) is 0 Å². The first kappa shape index (κ1) is 19.5. The number of hydrogen-bond donors (Lipinski definition) is 0. The van der Waals surface area contributed by atoms with Gasteiger partial charge in [-0.05, 0) is 42.1 Å². The molecular formula is C23H16BrNO3S. The molecule has 144 valence electrons. The number of esters is 1. The van der Waals surface area contributed by atoms with E-state index in [9.17, 15) is 9.59 Å². The molecule has 4 aromatic rings. The zero-order valence-corrected chi connectivity index (χ0v) is 17.9. The molecule has 0 saturated carbocycles. The van der Waals surface area contributed by atoms with Crippen molar-refractivity contribution >= 4 is 49.9 Å². The van der Waals surface area contributed by atoms with Crippen LogP contribution in [0.5, 0.6) is 0 Å². The number of benzene rings is 2. The van der Waals surface area contributed by atoms with Gasteiger partial charge >= 0.3 is 5.97 Å². The van der Waals surface area contributed by atoms with Crippen LogP contribution in [0.15, 0.2) is 70.5 Å². The topological polar surface area (TPSA) is 56.3 Å². The number of rotatable bonds is 5. The molecule has 0 N–H and O–H groups in total. The Balaban J connectivity index is 1.75. The molecule has 2 heterocycles. The molecule has 0 bridgehead atoms. The summed E-state index contributed by atoms with van der Waals surface area (Å²) in [6.07, 6.45) is 0. The third-order valence-corrected chi connectivity index (χ3v) is 5.86. The molecule has 0 aliphatic heterocycles. The summed E-state index contributed by atoms with van der Waals surface area (Å²) < 4.78 is 6.22. The zero-order valence-electron chi connectivity index (χ0n) is 15.5. The number of pyridine rings is 1. The maximum Gasteiger partial charge on any atom is 0.339 e. The fourth-order valence-corrected chi connectivity index (χ4v) is 4.32. The van der Waals surface area contributed by atoms with Crippen LogP contribution in [0.4, 0.5) is 0 Å². The SMILES string of the molecule is Cc1cc(Br)cc2c(C(=O)OCC(=O)c3cccs3)cc(-c3ccccc3)nc12. The van der Waals surface area contributed by atoms with Gasteiger partial charge in [0.1, 0.15) is 0 Å². The van der Waals surface area contributed by atoms with Crippen molar-refractivity contribution in [3.05, 3.63) is 86.5 Å². The second-order valence-electron chi connectivity index (χ2n) is 6.52. The standard InChI is InChI=1S/C23H16BrNO3S/c1-14-10-16(24)11-17-18(23(27)28-13-20(26)21-8-5-9-29-21)12-19(25-22(14)17)15-6-3-2-4-7-15/h2-12H,13H2,1H3. The summed E-state index contributed by atoms with van der Waals surface area (Å²) in [6, 6.07) is 18.7. The van der Waals surface area contributed by atoms with Crippen molar-refractivity contribution in [1.82, 2.24) is 4.98 Å². The van der Waals surface area contributed by atoms with Crippen molar-refractivity contribution in [2.24, 2.45) is 0 Å². The minimum atomic E-state index is -0.544. The Bertz CT molecular complexity index is 1200. The second kappa shape index (κ2) is 8.27. The molecule has 6 heteroatoms. The molecule has 2 aromatic carbocycles. The van der Waals surface area contributed by atoms with Crippen molar-refractivity contribution in [1.29, 1.82) is 0 Å². The second-order valence-corrected chi connectivity index (χ2v) is 8.38. The largest absolute Gasteiger partial charge is 0.454 e. The summed E-state index contributed by atoms with van der Waals surface area (Å²) >= 11 is 4.81. The van der Waals surface area contributed by atoms with E-state index in [0.717, 1.165) is 21.1 Å². The number of carbonyl (C=O) groups is 2. The van der Waals surface area contributed by atoms with Gasteiger partial charge in [0, 0.05) is 15.4 Å². The average Bonchev–Trinajstić information content (AvgIpc) is 3.27. The van der Waals surface area contributed by atoms with E-state index in [2.05, 4.69) is 15.9 Å². The molecule has 2 aromatic heterocycles. The van der Waals surface area contributed by atoms with Crippen LogP contribution < -0.4 is 0 Å². The lowest BCUT2D eigenvalue weighted by molar-refractivity contribution is 0.0478. The van der Waals surface area contributed by atoms with Crippen molar-refractivity contribution in [3.8, 4) is 11.3 Å². The van der Waals surface area contributed by atoms with Crippen LogP contribution in [0.1, 0.15) is 25.6 Å². The van der Waals surface area contributed by atoms with Crippen LogP contribution in [0.3, 0.4) is 0 Å². The Morgan fingerprint density at radius 2 is 1.86 bits per heavy atom. The van der Waals surface area contributed by atoms with E-state index in [4.69, 9.17) is 9.72 Å². The van der Waals surface area contributed by atoms with E-state index in [1.807, 2.05) is 54.8 Å². The number of carbonyl (C=O) groups excluding carboxylic acids is 2. The molecule has 4 nitrogen and oxygen atoms in total. The highest BCUT2D eigenvalue weighted by molar-refractivity contribution is 9.10. The van der Waals surface area contributed by atoms with Crippen LogP contribution in [0.2, 0.25) is 0 Å². The minimum Gasteiger partial charge on any atom is -0.454 e. The van der Waals surface area contributed by atoms with E-state index in [-0.39, 0.29) is 12.4 Å². The van der Waals surface area contributed by atoms with Crippen molar-refractivity contribution in [2.75, 3.05) is 6.61 Å². The fourth-order valence-electron chi connectivity index (χ4n) is 3.10. The summed E-state index contributed by atoms with van der Waals surface area (Å²) in [4.78, 5) is 30.5. The summed E-state index contributed by atoms with van der Waals surface area (Å²) in [5.74, 6) is -0.760. The highest BCUT2D eigenvalue weighted by atomic mass is 79.9. The lowest BCUT2D eigenvalue weighted by Gasteiger charge is -2.12. The Hall–Kier alpha value is -2.83. The zero-order chi connectivity index (χ0) is 20.4. The number of ketones is 1. The summed E-state index contributed by atoms with van der Waals surface area (Å²) in [5.41, 5.74) is 3.64. The van der Waals surface area contributed by atoms with Crippen LogP contribution in [0, 0.1) is 6.92 Å². The number of halogens is 1. The lowest BCUT2D eigenvalue weighted by Crippen LogP contribution is -2.14. The number of Topliss-reactive ketones (excluding diaryl/α,β-unsaturated/α-hetero) is 1. The van der Waals surface area contributed by atoms with Gasteiger partial charge in [0.25, 0.3) is 0 Å². The molecule has 0 unspecified atom stereocenters. The first-order valence-corrected chi connectivity index (χ1v) is 10.6. The molecule has 0 saturated heterocycles. The average molecular weight is 466 g/mol. The van der Waals surface area contributed by atoms with Crippen LogP contribution in [-0.4, -0.2) is 23.3 Å². The summed E-state index contributed by atoms with van der Waals surface area (Å²) in [7, 11) is 0. The van der Waals surface area contributed by atoms with Gasteiger partial charge in [0.05, 0.1) is 21.7 Å². The number of hydrogen-bond acceptors (Lipinski definition) is 5. The third-order valence-electron chi connectivity index (χ3n) is 4.49. The molecule has 0 amide bonds. The number of ether oxygens (including phenoxy) is 1. The normalized spacial score (nSPS) is 10.8. The summed E-state index contributed by atoms with van der Waals surface area (Å²) in [5, 5.41) is 2.50. The van der Waals surface area contributed by atoms with Crippen LogP contribution >= 0.6 is 27.3 Å². The van der Waals surface area contributed by atoms with Crippen LogP contribution in [-0.2, 0) is 4.74 Å². The molecular weight excluding hydrogens is 450 g/mol. The van der Waals surface area contributed by atoms with Gasteiger partial charge in [-0.15, -0.1) is 11.3 Å². The molecule has 29 heavy (non-hydrogen) atoms. The van der Waals surface area contributed by atoms with E-state index >= 15 is 0 Å². The third kappa shape index (κ3) is 4.13.